The maximum Gasteiger partial charge on any atom is 0.0323 e. The molecule has 2 N–H and O–H groups in total. The van der Waals surface area contributed by atoms with Gasteiger partial charge in [-0.25, -0.2) is 0 Å². The first-order valence-electron chi connectivity index (χ1n) is 7.11. The Kier molecular flexibility index (Phi) is 4.61. The van der Waals surface area contributed by atoms with E-state index in [1.54, 1.807) is 0 Å². The first-order valence-corrected chi connectivity index (χ1v) is 7.11. The van der Waals surface area contributed by atoms with Crippen molar-refractivity contribution in [2.24, 2.45) is 17.6 Å². The number of nitrogens with two attached hydrogens (primary N) is 1. The van der Waals surface area contributed by atoms with E-state index in [9.17, 15) is 0 Å². The predicted molar refractivity (Wildman–Crippen MR) is 73.7 cm³/mol. The lowest BCUT2D eigenvalue weighted by Gasteiger charge is -2.32. The molecule has 1 atom stereocenters. The Bertz CT molecular complexity index is 312. The zero-order valence-electron chi connectivity index (χ0n) is 10.9. The lowest BCUT2D eigenvalue weighted by Crippen LogP contribution is -2.26. The van der Waals surface area contributed by atoms with Gasteiger partial charge in [0, 0.05) is 6.04 Å². The number of hydrogen-bond acceptors (Lipinski definition) is 1. The van der Waals surface area contributed by atoms with Crippen molar-refractivity contribution in [1.29, 1.82) is 0 Å². The third-order valence-corrected chi connectivity index (χ3v) is 4.28. The average molecular weight is 231 g/mol. The molecule has 1 aliphatic carbocycles. The molecule has 0 radical (unpaired) electrons. The minimum atomic E-state index is 0.249. The molecule has 0 spiro atoms. The van der Waals surface area contributed by atoms with Crippen LogP contribution in [0.25, 0.3) is 0 Å². The summed E-state index contributed by atoms with van der Waals surface area (Å²) in [5.41, 5.74) is 7.70. The van der Waals surface area contributed by atoms with Gasteiger partial charge < -0.3 is 5.73 Å². The summed E-state index contributed by atoms with van der Waals surface area (Å²) in [6.45, 7) is 2.29. The van der Waals surface area contributed by atoms with E-state index in [2.05, 4.69) is 37.3 Å². The summed E-state index contributed by atoms with van der Waals surface area (Å²) in [7, 11) is 0. The van der Waals surface area contributed by atoms with Crippen molar-refractivity contribution in [3.63, 3.8) is 0 Å². The lowest BCUT2D eigenvalue weighted by atomic mass is 9.76. The molecule has 94 valence electrons. The van der Waals surface area contributed by atoms with Gasteiger partial charge in [0.25, 0.3) is 0 Å². The maximum atomic E-state index is 6.39. The van der Waals surface area contributed by atoms with Crippen LogP contribution < -0.4 is 5.73 Å². The fraction of sp³-hybridized carbons (Fsp3) is 0.625. The van der Waals surface area contributed by atoms with Crippen molar-refractivity contribution >= 4 is 0 Å². The predicted octanol–water partition coefficient (Wildman–Crippen LogP) is 4.29. The van der Waals surface area contributed by atoms with Crippen LogP contribution in [-0.4, -0.2) is 0 Å². The Labute approximate surface area is 105 Å². The largest absolute Gasteiger partial charge is 0.324 e. The van der Waals surface area contributed by atoms with E-state index in [4.69, 9.17) is 5.73 Å². The second-order valence-corrected chi connectivity index (χ2v) is 5.51. The SMILES string of the molecule is CCCC1CCC(C(N)c2ccccc2)CC1. The highest BCUT2D eigenvalue weighted by Gasteiger charge is 2.25. The van der Waals surface area contributed by atoms with Crippen molar-refractivity contribution in [1.82, 2.24) is 0 Å². The first kappa shape index (κ1) is 12.6. The second-order valence-electron chi connectivity index (χ2n) is 5.51. The highest BCUT2D eigenvalue weighted by Crippen LogP contribution is 2.37. The standard InChI is InChI=1S/C16H25N/c1-2-6-13-9-11-15(12-10-13)16(17)14-7-4-3-5-8-14/h3-5,7-8,13,15-16H,2,6,9-12,17H2,1H3. The monoisotopic (exact) mass is 231 g/mol. The Morgan fingerprint density at radius 1 is 1.12 bits per heavy atom. The van der Waals surface area contributed by atoms with E-state index < -0.39 is 0 Å². The van der Waals surface area contributed by atoms with Crippen molar-refractivity contribution < 1.29 is 0 Å². The summed E-state index contributed by atoms with van der Waals surface area (Å²) in [5, 5.41) is 0. The highest BCUT2D eigenvalue weighted by atomic mass is 14.7. The van der Waals surface area contributed by atoms with E-state index in [-0.39, 0.29) is 6.04 Å². The lowest BCUT2D eigenvalue weighted by molar-refractivity contribution is 0.234. The van der Waals surface area contributed by atoms with Gasteiger partial charge in [0.15, 0.2) is 0 Å². The molecule has 0 saturated heterocycles. The Hall–Kier alpha value is -0.820. The molecule has 1 aliphatic rings. The van der Waals surface area contributed by atoms with E-state index in [0.717, 1.165) is 5.92 Å². The molecule has 1 unspecified atom stereocenters. The summed E-state index contributed by atoms with van der Waals surface area (Å²) < 4.78 is 0. The second kappa shape index (κ2) is 6.20. The van der Waals surface area contributed by atoms with Crippen LogP contribution in [0, 0.1) is 11.8 Å². The Balaban J connectivity index is 1.88. The fourth-order valence-corrected chi connectivity index (χ4v) is 3.19. The molecule has 1 aromatic rings. The zero-order valence-corrected chi connectivity index (χ0v) is 10.9. The van der Waals surface area contributed by atoms with Gasteiger partial charge in [-0.2, -0.15) is 0 Å². The highest BCUT2D eigenvalue weighted by molar-refractivity contribution is 5.19. The molecule has 0 bridgehead atoms. The van der Waals surface area contributed by atoms with Crippen molar-refractivity contribution in [3.05, 3.63) is 35.9 Å². The summed E-state index contributed by atoms with van der Waals surface area (Å²) in [5.74, 6) is 1.67. The van der Waals surface area contributed by atoms with Crippen LogP contribution in [0.15, 0.2) is 30.3 Å². The maximum absolute atomic E-state index is 6.39. The van der Waals surface area contributed by atoms with Gasteiger partial charge in [-0.05, 0) is 30.2 Å². The normalized spacial score (nSPS) is 26.7. The number of hydrogen-bond donors (Lipinski definition) is 1. The van der Waals surface area contributed by atoms with Gasteiger partial charge in [-0.15, -0.1) is 0 Å². The quantitative estimate of drug-likeness (QED) is 0.821. The average Bonchev–Trinajstić information content (AvgIpc) is 2.40. The van der Waals surface area contributed by atoms with Gasteiger partial charge in [0.2, 0.25) is 0 Å². The molecule has 0 aliphatic heterocycles. The van der Waals surface area contributed by atoms with E-state index in [1.807, 2.05) is 0 Å². The van der Waals surface area contributed by atoms with Crippen LogP contribution in [0.3, 0.4) is 0 Å². The summed E-state index contributed by atoms with van der Waals surface area (Å²) in [4.78, 5) is 0. The van der Waals surface area contributed by atoms with Crippen LogP contribution in [0.2, 0.25) is 0 Å². The van der Waals surface area contributed by atoms with Crippen LogP contribution >= 0.6 is 0 Å². The molecule has 1 aromatic carbocycles. The third kappa shape index (κ3) is 3.32. The number of benzene rings is 1. The molecular weight excluding hydrogens is 206 g/mol. The van der Waals surface area contributed by atoms with Gasteiger partial charge in [0.05, 0.1) is 0 Å². The molecule has 17 heavy (non-hydrogen) atoms. The topological polar surface area (TPSA) is 26.0 Å². The van der Waals surface area contributed by atoms with E-state index in [0.29, 0.717) is 5.92 Å². The van der Waals surface area contributed by atoms with Crippen molar-refractivity contribution in [2.45, 2.75) is 51.5 Å². The van der Waals surface area contributed by atoms with Gasteiger partial charge in [0.1, 0.15) is 0 Å². The Morgan fingerprint density at radius 3 is 2.35 bits per heavy atom. The van der Waals surface area contributed by atoms with E-state index >= 15 is 0 Å². The molecule has 1 nitrogen and oxygen atoms in total. The summed E-state index contributed by atoms with van der Waals surface area (Å²) in [6.07, 6.45) is 8.16. The molecule has 2 rings (SSSR count). The van der Waals surface area contributed by atoms with Crippen LogP contribution in [0.5, 0.6) is 0 Å². The third-order valence-electron chi connectivity index (χ3n) is 4.28. The van der Waals surface area contributed by atoms with Crippen molar-refractivity contribution in [2.75, 3.05) is 0 Å². The summed E-state index contributed by atoms with van der Waals surface area (Å²) >= 11 is 0. The smallest absolute Gasteiger partial charge is 0.0323 e. The minimum Gasteiger partial charge on any atom is -0.324 e. The van der Waals surface area contributed by atoms with Crippen LogP contribution in [-0.2, 0) is 0 Å². The molecule has 1 fully saturated rings. The fourth-order valence-electron chi connectivity index (χ4n) is 3.19. The molecular formula is C16H25N. The molecule has 0 amide bonds. The van der Waals surface area contributed by atoms with E-state index in [1.165, 1.54) is 44.1 Å². The zero-order chi connectivity index (χ0) is 12.1. The van der Waals surface area contributed by atoms with Crippen LogP contribution in [0.1, 0.15) is 57.1 Å². The molecule has 0 aromatic heterocycles. The number of rotatable bonds is 4. The molecule has 0 heterocycles. The Morgan fingerprint density at radius 2 is 1.76 bits per heavy atom. The van der Waals surface area contributed by atoms with Crippen LogP contribution in [0.4, 0.5) is 0 Å². The first-order chi connectivity index (χ1) is 8.31. The van der Waals surface area contributed by atoms with Crippen molar-refractivity contribution in [3.8, 4) is 0 Å². The van der Waals surface area contributed by atoms with Gasteiger partial charge in [-0.1, -0.05) is 62.9 Å². The van der Waals surface area contributed by atoms with Gasteiger partial charge in [-0.3, -0.25) is 0 Å². The molecule has 1 saturated carbocycles. The minimum absolute atomic E-state index is 0.249. The molecule has 1 heteroatoms. The summed E-state index contributed by atoms with van der Waals surface area (Å²) in [6, 6.07) is 10.8. The van der Waals surface area contributed by atoms with Gasteiger partial charge >= 0.3 is 0 Å².